The minimum Gasteiger partial charge on any atom is -0.478 e. The Kier molecular flexibility index (Phi) is 8.63. The Hall–Kier alpha value is -4.21. The van der Waals surface area contributed by atoms with E-state index < -0.39 is 18.1 Å². The summed E-state index contributed by atoms with van der Waals surface area (Å²) in [6.07, 6.45) is 0.0673. The second kappa shape index (κ2) is 12.1. The van der Waals surface area contributed by atoms with Gasteiger partial charge in [-0.1, -0.05) is 50.2 Å². The van der Waals surface area contributed by atoms with Crippen LogP contribution in [-0.2, 0) is 20.9 Å². The number of aliphatic imine (C=N–C) groups is 1. The molecule has 2 aromatic carbocycles. The largest absolute Gasteiger partial charge is 0.478 e. The number of hydrogen-bond acceptors (Lipinski definition) is 6. The maximum absolute atomic E-state index is 13.7. The fourth-order valence-corrected chi connectivity index (χ4v) is 4.80. The van der Waals surface area contributed by atoms with E-state index in [-0.39, 0.29) is 36.4 Å². The third kappa shape index (κ3) is 6.63. The third-order valence-electron chi connectivity index (χ3n) is 6.91. The molecule has 2 aromatic rings. The summed E-state index contributed by atoms with van der Waals surface area (Å²) in [4.78, 5) is 60.4. The first-order chi connectivity index (χ1) is 18.6. The molecule has 0 aliphatic carbocycles. The van der Waals surface area contributed by atoms with Gasteiger partial charge >= 0.3 is 12.1 Å². The van der Waals surface area contributed by atoms with Gasteiger partial charge in [-0.2, -0.15) is 0 Å². The highest BCUT2D eigenvalue weighted by Crippen LogP contribution is 2.29. The van der Waals surface area contributed by atoms with Crippen LogP contribution in [0.25, 0.3) is 0 Å². The Bertz CT molecular complexity index is 1270. The molecule has 206 valence electrons. The zero-order valence-corrected chi connectivity index (χ0v) is 22.5. The molecule has 10 nitrogen and oxygen atoms in total. The number of amides is 3. The first-order valence-electron chi connectivity index (χ1n) is 13.1. The van der Waals surface area contributed by atoms with E-state index in [1.165, 1.54) is 17.0 Å². The van der Waals surface area contributed by atoms with Gasteiger partial charge in [0.1, 0.15) is 19.2 Å². The standard InChI is InChI=1S/C29H34N4O6/c1-19(2)15-24-27(35)33(25-16-22(28(36)37)9-10-23(25)20(3)30-24)17-26(34)31-11-13-32(14-12-31)29(38)39-18-21-7-5-4-6-8-21/h4-10,16,19,24H,11-15,17-18H2,1-3H3,(H,36,37)/t24-/m1/s1. The molecule has 2 aliphatic heterocycles. The molecule has 4 rings (SSSR count). The summed E-state index contributed by atoms with van der Waals surface area (Å²) in [5.74, 6) is -1.54. The number of nitrogens with zero attached hydrogens (tertiary/aromatic N) is 4. The van der Waals surface area contributed by atoms with Gasteiger partial charge in [0.05, 0.1) is 11.3 Å². The normalized spacial score (nSPS) is 17.4. The van der Waals surface area contributed by atoms with E-state index >= 15 is 0 Å². The number of carboxylic acid groups (broad SMARTS) is 1. The highest BCUT2D eigenvalue weighted by molar-refractivity contribution is 6.14. The van der Waals surface area contributed by atoms with E-state index in [2.05, 4.69) is 4.99 Å². The number of benzene rings is 2. The van der Waals surface area contributed by atoms with Crippen LogP contribution in [0.5, 0.6) is 0 Å². The van der Waals surface area contributed by atoms with Crippen molar-refractivity contribution in [2.75, 3.05) is 37.6 Å². The van der Waals surface area contributed by atoms with Crippen molar-refractivity contribution in [3.63, 3.8) is 0 Å². The Balaban J connectivity index is 1.45. The van der Waals surface area contributed by atoms with Gasteiger partial charge in [0.2, 0.25) is 5.91 Å². The monoisotopic (exact) mass is 534 g/mol. The summed E-state index contributed by atoms with van der Waals surface area (Å²) in [5, 5.41) is 9.55. The smallest absolute Gasteiger partial charge is 0.410 e. The van der Waals surface area contributed by atoms with Crippen molar-refractivity contribution in [2.45, 2.75) is 39.8 Å². The van der Waals surface area contributed by atoms with Crippen LogP contribution in [0.4, 0.5) is 10.5 Å². The minimum atomic E-state index is -1.12. The number of carbonyl (C=O) groups is 4. The Labute approximate surface area is 227 Å². The quantitative estimate of drug-likeness (QED) is 0.581. The van der Waals surface area contributed by atoms with Crippen LogP contribution < -0.4 is 4.90 Å². The Morgan fingerprint density at radius 3 is 2.33 bits per heavy atom. The lowest BCUT2D eigenvalue weighted by Gasteiger charge is -2.35. The fourth-order valence-electron chi connectivity index (χ4n) is 4.80. The van der Waals surface area contributed by atoms with Gasteiger partial charge in [-0.05, 0) is 37.0 Å². The van der Waals surface area contributed by atoms with Gasteiger partial charge in [-0.3, -0.25) is 14.6 Å². The number of anilines is 1. The lowest BCUT2D eigenvalue weighted by molar-refractivity contribution is -0.133. The maximum Gasteiger partial charge on any atom is 0.410 e. The summed E-state index contributed by atoms with van der Waals surface area (Å²) >= 11 is 0. The van der Waals surface area contributed by atoms with E-state index in [9.17, 15) is 24.3 Å². The molecule has 2 heterocycles. The number of carboxylic acids is 1. The molecule has 2 aliphatic rings. The predicted octanol–water partition coefficient (Wildman–Crippen LogP) is 3.44. The lowest BCUT2D eigenvalue weighted by Crippen LogP contribution is -2.53. The van der Waals surface area contributed by atoms with Gasteiger partial charge in [0.25, 0.3) is 5.91 Å². The van der Waals surface area contributed by atoms with Crippen LogP contribution in [0.1, 0.15) is 48.7 Å². The van der Waals surface area contributed by atoms with Crippen molar-refractivity contribution in [1.29, 1.82) is 0 Å². The van der Waals surface area contributed by atoms with Gasteiger partial charge in [0.15, 0.2) is 0 Å². The van der Waals surface area contributed by atoms with Crippen molar-refractivity contribution in [3.05, 3.63) is 65.2 Å². The molecule has 1 fully saturated rings. The van der Waals surface area contributed by atoms with Crippen molar-refractivity contribution in [1.82, 2.24) is 9.80 Å². The number of piperazine rings is 1. The predicted molar refractivity (Wildman–Crippen MR) is 146 cm³/mol. The molecule has 0 unspecified atom stereocenters. The van der Waals surface area contributed by atoms with Crippen LogP contribution in [0.2, 0.25) is 0 Å². The zero-order valence-electron chi connectivity index (χ0n) is 22.5. The Morgan fingerprint density at radius 1 is 1.03 bits per heavy atom. The van der Waals surface area contributed by atoms with Gasteiger partial charge in [-0.25, -0.2) is 9.59 Å². The van der Waals surface area contributed by atoms with Gasteiger partial charge in [-0.15, -0.1) is 0 Å². The highest BCUT2D eigenvalue weighted by Gasteiger charge is 2.34. The number of fused-ring (bicyclic) bond motifs is 1. The van der Waals surface area contributed by atoms with Crippen LogP contribution in [-0.4, -0.2) is 83.3 Å². The van der Waals surface area contributed by atoms with E-state index in [1.54, 1.807) is 22.8 Å². The summed E-state index contributed by atoms with van der Waals surface area (Å²) in [6, 6.07) is 13.3. The lowest BCUT2D eigenvalue weighted by atomic mass is 10.0. The molecule has 1 saturated heterocycles. The molecular formula is C29H34N4O6. The first kappa shape index (κ1) is 27.8. The molecule has 10 heteroatoms. The number of ether oxygens (including phenoxy) is 1. The molecule has 1 atom stereocenters. The summed E-state index contributed by atoms with van der Waals surface area (Å²) in [6.45, 7) is 6.94. The molecule has 0 radical (unpaired) electrons. The number of carbonyl (C=O) groups excluding carboxylic acids is 3. The third-order valence-corrected chi connectivity index (χ3v) is 6.91. The zero-order chi connectivity index (χ0) is 28.1. The summed E-state index contributed by atoms with van der Waals surface area (Å²) in [5.41, 5.74) is 2.53. The molecule has 0 bridgehead atoms. The number of benzodiazepines with no additional fused rings is 1. The topological polar surface area (TPSA) is 120 Å². The molecular weight excluding hydrogens is 500 g/mol. The van der Waals surface area contributed by atoms with Crippen molar-refractivity contribution in [2.24, 2.45) is 10.9 Å². The van der Waals surface area contributed by atoms with E-state index in [0.29, 0.717) is 49.6 Å². The van der Waals surface area contributed by atoms with Crippen LogP contribution in [0.3, 0.4) is 0 Å². The van der Waals surface area contributed by atoms with Gasteiger partial charge in [0, 0.05) is 37.5 Å². The second-order valence-corrected chi connectivity index (χ2v) is 10.2. The average molecular weight is 535 g/mol. The molecule has 3 amide bonds. The molecule has 39 heavy (non-hydrogen) atoms. The first-order valence-corrected chi connectivity index (χ1v) is 13.1. The molecule has 0 aromatic heterocycles. The maximum atomic E-state index is 13.7. The van der Waals surface area contributed by atoms with Crippen molar-refractivity contribution < 1.29 is 29.0 Å². The van der Waals surface area contributed by atoms with E-state index in [4.69, 9.17) is 4.74 Å². The average Bonchev–Trinajstić information content (AvgIpc) is 3.02. The van der Waals surface area contributed by atoms with Gasteiger partial charge < -0.3 is 24.5 Å². The van der Waals surface area contributed by atoms with Crippen molar-refractivity contribution in [3.8, 4) is 0 Å². The minimum absolute atomic E-state index is 0.0248. The van der Waals surface area contributed by atoms with Crippen LogP contribution in [0.15, 0.2) is 53.5 Å². The van der Waals surface area contributed by atoms with Crippen LogP contribution >= 0.6 is 0 Å². The second-order valence-electron chi connectivity index (χ2n) is 10.2. The SMILES string of the molecule is CC1=N[C@H](CC(C)C)C(=O)N(CC(=O)N2CCN(C(=O)OCc3ccccc3)CC2)c2cc(C(=O)O)ccc21. The highest BCUT2D eigenvalue weighted by atomic mass is 16.6. The fraction of sp³-hybridized carbons (Fsp3) is 0.414. The van der Waals surface area contributed by atoms with E-state index in [1.807, 2.05) is 44.2 Å². The van der Waals surface area contributed by atoms with Crippen LogP contribution in [0, 0.1) is 5.92 Å². The Morgan fingerprint density at radius 2 is 1.69 bits per heavy atom. The molecule has 0 saturated carbocycles. The summed E-state index contributed by atoms with van der Waals surface area (Å²) in [7, 11) is 0. The number of hydrogen-bond donors (Lipinski definition) is 1. The summed E-state index contributed by atoms with van der Waals surface area (Å²) < 4.78 is 5.41. The number of rotatable bonds is 7. The number of aromatic carboxylic acids is 1. The van der Waals surface area contributed by atoms with Crippen molar-refractivity contribution >= 4 is 35.3 Å². The van der Waals surface area contributed by atoms with E-state index in [0.717, 1.165) is 5.56 Å². The molecule has 0 spiro atoms. The molecule has 1 N–H and O–H groups in total.